The monoisotopic (exact) mass is 360 g/mol. The number of rotatable bonds is 7. The van der Waals surface area contributed by atoms with Crippen molar-refractivity contribution < 1.29 is 24.2 Å². The number of benzene rings is 1. The molecule has 1 aliphatic carbocycles. The quantitative estimate of drug-likeness (QED) is 0.801. The zero-order valence-electron chi connectivity index (χ0n) is 15.1. The summed E-state index contributed by atoms with van der Waals surface area (Å²) in [5.74, 6) is -1.63. The van der Waals surface area contributed by atoms with Crippen molar-refractivity contribution in [1.29, 1.82) is 0 Å². The first kappa shape index (κ1) is 18.2. The normalized spacial score (nSPS) is 20.8. The van der Waals surface area contributed by atoms with E-state index in [0.29, 0.717) is 18.0 Å². The maximum absolute atomic E-state index is 13.0. The van der Waals surface area contributed by atoms with E-state index < -0.39 is 17.8 Å². The number of para-hydroxylation sites is 2. The predicted octanol–water partition coefficient (Wildman–Crippen LogP) is 1.76. The van der Waals surface area contributed by atoms with E-state index in [2.05, 4.69) is 0 Å². The first-order chi connectivity index (χ1) is 12.4. The predicted molar refractivity (Wildman–Crippen MR) is 95.0 cm³/mol. The summed E-state index contributed by atoms with van der Waals surface area (Å²) >= 11 is 0. The smallest absolute Gasteiger partial charge is 0.308 e. The van der Waals surface area contributed by atoms with E-state index in [0.717, 1.165) is 12.8 Å². The van der Waals surface area contributed by atoms with Crippen LogP contribution in [0.2, 0.25) is 0 Å². The molecule has 1 heterocycles. The van der Waals surface area contributed by atoms with Crippen molar-refractivity contribution in [1.82, 2.24) is 4.90 Å². The third-order valence-electron chi connectivity index (χ3n) is 5.01. The van der Waals surface area contributed by atoms with Crippen LogP contribution in [-0.4, -0.2) is 54.0 Å². The standard InChI is InChI=1S/C19H24N2O5/c1-12(19(24)25)10-20(14-7-8-14)18(23)13-9-17(22)21(11-13)15-5-3-4-6-16(15)26-2/h3-6,12-14H,7-11H2,1-2H3,(H,24,25). The van der Waals surface area contributed by atoms with E-state index in [1.165, 1.54) is 0 Å². The summed E-state index contributed by atoms with van der Waals surface area (Å²) in [6, 6.07) is 7.34. The Hall–Kier alpha value is -2.57. The Morgan fingerprint density at radius 1 is 1.35 bits per heavy atom. The molecular weight excluding hydrogens is 336 g/mol. The van der Waals surface area contributed by atoms with Crippen molar-refractivity contribution >= 4 is 23.5 Å². The van der Waals surface area contributed by atoms with E-state index in [-0.39, 0.29) is 30.8 Å². The van der Waals surface area contributed by atoms with Gasteiger partial charge in [-0.2, -0.15) is 0 Å². The molecule has 2 atom stereocenters. The molecule has 1 aromatic rings. The Balaban J connectivity index is 1.74. The molecule has 2 fully saturated rings. The van der Waals surface area contributed by atoms with Gasteiger partial charge in [-0.05, 0) is 25.0 Å². The maximum atomic E-state index is 13.0. The van der Waals surface area contributed by atoms with Crippen LogP contribution in [0.1, 0.15) is 26.2 Å². The number of hydrogen-bond acceptors (Lipinski definition) is 4. The van der Waals surface area contributed by atoms with Gasteiger partial charge in [0.05, 0.1) is 24.6 Å². The van der Waals surface area contributed by atoms with Crippen LogP contribution in [0.25, 0.3) is 0 Å². The van der Waals surface area contributed by atoms with Crippen molar-refractivity contribution in [2.75, 3.05) is 25.1 Å². The summed E-state index contributed by atoms with van der Waals surface area (Å²) in [6.07, 6.45) is 1.94. The van der Waals surface area contributed by atoms with Gasteiger partial charge in [-0.25, -0.2) is 0 Å². The molecule has 0 spiro atoms. The highest BCUT2D eigenvalue weighted by Gasteiger charge is 2.42. The second kappa shape index (κ2) is 7.35. The molecule has 1 saturated heterocycles. The number of amides is 2. The van der Waals surface area contributed by atoms with Crippen LogP contribution in [0.3, 0.4) is 0 Å². The lowest BCUT2D eigenvalue weighted by molar-refractivity contribution is -0.144. The number of carbonyl (C=O) groups is 3. The molecule has 0 aromatic heterocycles. The van der Waals surface area contributed by atoms with E-state index in [9.17, 15) is 14.4 Å². The highest BCUT2D eigenvalue weighted by Crippen LogP contribution is 2.35. The summed E-state index contributed by atoms with van der Waals surface area (Å²) in [7, 11) is 1.55. The van der Waals surface area contributed by atoms with Gasteiger partial charge in [-0.3, -0.25) is 14.4 Å². The van der Waals surface area contributed by atoms with Crippen LogP contribution in [0.15, 0.2) is 24.3 Å². The Morgan fingerprint density at radius 3 is 2.65 bits per heavy atom. The number of aliphatic carboxylic acids is 1. The second-order valence-electron chi connectivity index (χ2n) is 7.04. The van der Waals surface area contributed by atoms with Crippen LogP contribution in [-0.2, 0) is 14.4 Å². The van der Waals surface area contributed by atoms with Crippen LogP contribution in [0.5, 0.6) is 5.75 Å². The van der Waals surface area contributed by atoms with Crippen molar-refractivity contribution in [3.8, 4) is 5.75 Å². The third-order valence-corrected chi connectivity index (χ3v) is 5.01. The van der Waals surface area contributed by atoms with Gasteiger partial charge in [0.15, 0.2) is 0 Å². The average Bonchev–Trinajstić information content (AvgIpc) is 3.40. The molecule has 140 valence electrons. The number of anilines is 1. The highest BCUT2D eigenvalue weighted by molar-refractivity contribution is 6.01. The molecule has 7 heteroatoms. The minimum Gasteiger partial charge on any atom is -0.495 e. The number of methoxy groups -OCH3 is 1. The van der Waals surface area contributed by atoms with Gasteiger partial charge in [0.1, 0.15) is 5.75 Å². The number of nitrogens with zero attached hydrogens (tertiary/aromatic N) is 2. The summed E-state index contributed by atoms with van der Waals surface area (Å²) < 4.78 is 5.32. The molecule has 2 amide bonds. The molecule has 2 unspecified atom stereocenters. The van der Waals surface area contributed by atoms with Gasteiger partial charge in [0.2, 0.25) is 11.8 Å². The van der Waals surface area contributed by atoms with Gasteiger partial charge >= 0.3 is 5.97 Å². The number of hydrogen-bond donors (Lipinski definition) is 1. The lowest BCUT2D eigenvalue weighted by Crippen LogP contribution is -2.42. The number of carboxylic acids is 1. The van der Waals surface area contributed by atoms with Crippen LogP contribution in [0, 0.1) is 11.8 Å². The highest BCUT2D eigenvalue weighted by atomic mass is 16.5. The van der Waals surface area contributed by atoms with Crippen LogP contribution < -0.4 is 9.64 Å². The molecule has 3 rings (SSSR count). The topological polar surface area (TPSA) is 87.2 Å². The Bertz CT molecular complexity index is 716. The molecule has 7 nitrogen and oxygen atoms in total. The lowest BCUT2D eigenvalue weighted by Gasteiger charge is -2.27. The first-order valence-electron chi connectivity index (χ1n) is 8.89. The fourth-order valence-electron chi connectivity index (χ4n) is 3.37. The van der Waals surface area contributed by atoms with E-state index in [1.54, 1.807) is 36.0 Å². The number of carboxylic acid groups (broad SMARTS) is 1. The molecule has 26 heavy (non-hydrogen) atoms. The van der Waals surface area contributed by atoms with Gasteiger partial charge in [-0.1, -0.05) is 19.1 Å². The van der Waals surface area contributed by atoms with Crippen molar-refractivity contribution in [2.24, 2.45) is 11.8 Å². The van der Waals surface area contributed by atoms with Crippen molar-refractivity contribution in [2.45, 2.75) is 32.2 Å². The van der Waals surface area contributed by atoms with Gasteiger partial charge in [0.25, 0.3) is 0 Å². The van der Waals surface area contributed by atoms with E-state index in [1.807, 2.05) is 12.1 Å². The molecule has 1 aromatic carbocycles. The van der Waals surface area contributed by atoms with Gasteiger partial charge in [-0.15, -0.1) is 0 Å². The molecule has 0 radical (unpaired) electrons. The number of ether oxygens (including phenoxy) is 1. The molecule has 1 aliphatic heterocycles. The zero-order chi connectivity index (χ0) is 18.8. The minimum atomic E-state index is -0.915. The van der Waals surface area contributed by atoms with E-state index >= 15 is 0 Å². The summed E-state index contributed by atoms with van der Waals surface area (Å²) in [5.41, 5.74) is 0.659. The molecule has 1 N–H and O–H groups in total. The first-order valence-corrected chi connectivity index (χ1v) is 8.89. The SMILES string of the molecule is COc1ccccc1N1CC(C(=O)N(CC(C)C(=O)O)C2CC2)CC1=O. The largest absolute Gasteiger partial charge is 0.495 e. The fraction of sp³-hybridized carbons (Fsp3) is 0.526. The van der Waals surface area contributed by atoms with E-state index in [4.69, 9.17) is 9.84 Å². The third kappa shape index (κ3) is 3.66. The molecular formula is C19H24N2O5. The Kier molecular flexibility index (Phi) is 5.15. The Labute approximate surface area is 152 Å². The summed E-state index contributed by atoms with van der Waals surface area (Å²) in [6.45, 7) is 2.09. The zero-order valence-corrected chi connectivity index (χ0v) is 15.1. The van der Waals surface area contributed by atoms with Gasteiger partial charge < -0.3 is 19.6 Å². The fourth-order valence-corrected chi connectivity index (χ4v) is 3.37. The Morgan fingerprint density at radius 2 is 2.04 bits per heavy atom. The molecule has 1 saturated carbocycles. The maximum Gasteiger partial charge on any atom is 0.308 e. The van der Waals surface area contributed by atoms with Crippen LogP contribution in [0.4, 0.5) is 5.69 Å². The second-order valence-corrected chi connectivity index (χ2v) is 7.04. The summed E-state index contributed by atoms with van der Waals surface area (Å²) in [4.78, 5) is 39.9. The average molecular weight is 360 g/mol. The number of carbonyl (C=O) groups excluding carboxylic acids is 2. The van der Waals surface area contributed by atoms with Crippen LogP contribution >= 0.6 is 0 Å². The molecule has 2 aliphatic rings. The molecule has 0 bridgehead atoms. The summed E-state index contributed by atoms with van der Waals surface area (Å²) in [5, 5.41) is 9.16. The lowest BCUT2D eigenvalue weighted by atomic mass is 10.1. The van der Waals surface area contributed by atoms with Crippen molar-refractivity contribution in [3.05, 3.63) is 24.3 Å². The van der Waals surface area contributed by atoms with Gasteiger partial charge in [0, 0.05) is 25.6 Å². The van der Waals surface area contributed by atoms with Crippen molar-refractivity contribution in [3.63, 3.8) is 0 Å². The minimum absolute atomic E-state index is 0.111.